The average molecular weight is 475 g/mol. The van der Waals surface area contributed by atoms with Gasteiger partial charge in [-0.15, -0.1) is 11.3 Å². The molecule has 2 N–H and O–H groups in total. The summed E-state index contributed by atoms with van der Waals surface area (Å²) >= 11 is 1.62. The van der Waals surface area contributed by atoms with Gasteiger partial charge in [0.25, 0.3) is 0 Å². The van der Waals surface area contributed by atoms with Crippen LogP contribution in [-0.2, 0) is 17.6 Å². The molecule has 0 radical (unpaired) electrons. The molecule has 9 heteroatoms. The number of nitrogens with one attached hydrogen (secondary N) is 2. The maximum atomic E-state index is 11.7. The first-order chi connectivity index (χ1) is 16.7. The van der Waals surface area contributed by atoms with Crippen LogP contribution < -0.4 is 19.5 Å². The summed E-state index contributed by atoms with van der Waals surface area (Å²) in [6.07, 6.45) is 5.32. The van der Waals surface area contributed by atoms with E-state index in [-0.39, 0.29) is 11.8 Å². The molecule has 0 saturated heterocycles. The Morgan fingerprint density at radius 3 is 3.00 bits per heavy atom. The topological polar surface area (TPSA) is 98.4 Å². The predicted molar refractivity (Wildman–Crippen MR) is 128 cm³/mol. The Balaban J connectivity index is 1.22. The third kappa shape index (κ3) is 3.77. The molecule has 0 spiro atoms. The van der Waals surface area contributed by atoms with Crippen LogP contribution in [0.25, 0.3) is 10.6 Å². The normalized spacial score (nSPS) is 16.7. The van der Waals surface area contributed by atoms with Gasteiger partial charge in [-0.2, -0.15) is 0 Å². The number of ether oxygens (including phenoxy) is 3. The minimum atomic E-state index is -0.0206. The van der Waals surface area contributed by atoms with E-state index in [0.29, 0.717) is 31.0 Å². The number of nitrogens with zero attached hydrogens (tertiary/aromatic N) is 2. The Hall–Kier alpha value is -3.85. The number of carbonyl (C=O) groups excluding carboxylic acids is 1. The summed E-state index contributed by atoms with van der Waals surface area (Å²) in [7, 11) is 1.67. The fourth-order valence-electron chi connectivity index (χ4n) is 4.40. The SMILES string of the molecule is COc1ccsc1-c1cnc(C2COc3ccc(Oc4ccnc5c4CCC(=O)N5)cc3C2)[nH]1. The average Bonchev–Trinajstić information content (AvgIpc) is 3.53. The fraction of sp³-hybridized carbons (Fsp3) is 0.240. The van der Waals surface area contributed by atoms with Crippen molar-refractivity contribution in [2.45, 2.75) is 25.2 Å². The van der Waals surface area contributed by atoms with Crippen molar-refractivity contribution in [2.24, 2.45) is 0 Å². The van der Waals surface area contributed by atoms with E-state index in [1.807, 2.05) is 41.9 Å². The van der Waals surface area contributed by atoms with Crippen molar-refractivity contribution in [1.82, 2.24) is 15.0 Å². The van der Waals surface area contributed by atoms with Crippen LogP contribution in [0.1, 0.15) is 29.3 Å². The van der Waals surface area contributed by atoms with Gasteiger partial charge < -0.3 is 24.5 Å². The Kier molecular flexibility index (Phi) is 5.18. The molecule has 6 rings (SSSR count). The molecule has 2 aliphatic heterocycles. The molecule has 1 aromatic carbocycles. The summed E-state index contributed by atoms with van der Waals surface area (Å²) in [5, 5.41) is 4.82. The first-order valence-corrected chi connectivity index (χ1v) is 11.9. The zero-order chi connectivity index (χ0) is 23.1. The smallest absolute Gasteiger partial charge is 0.225 e. The number of hydrogen-bond acceptors (Lipinski definition) is 7. The second-order valence-corrected chi connectivity index (χ2v) is 9.18. The molecule has 3 aromatic heterocycles. The minimum Gasteiger partial charge on any atom is -0.495 e. The van der Waals surface area contributed by atoms with Gasteiger partial charge in [0, 0.05) is 18.2 Å². The molecule has 172 valence electrons. The number of hydrogen-bond donors (Lipinski definition) is 2. The molecular weight excluding hydrogens is 452 g/mol. The lowest BCUT2D eigenvalue weighted by atomic mass is 9.96. The fourth-order valence-corrected chi connectivity index (χ4v) is 5.23. The third-order valence-electron chi connectivity index (χ3n) is 6.11. The van der Waals surface area contributed by atoms with E-state index in [4.69, 9.17) is 14.2 Å². The number of carbonyl (C=O) groups is 1. The highest BCUT2D eigenvalue weighted by atomic mass is 32.1. The number of pyridine rings is 1. The highest BCUT2D eigenvalue weighted by Crippen LogP contribution is 2.39. The zero-order valence-corrected chi connectivity index (χ0v) is 19.3. The highest BCUT2D eigenvalue weighted by molar-refractivity contribution is 7.14. The Labute approximate surface area is 199 Å². The van der Waals surface area contributed by atoms with Gasteiger partial charge >= 0.3 is 0 Å². The van der Waals surface area contributed by atoms with Crippen LogP contribution in [0.2, 0.25) is 0 Å². The van der Waals surface area contributed by atoms with Gasteiger partial charge in [-0.1, -0.05) is 0 Å². The van der Waals surface area contributed by atoms with E-state index in [9.17, 15) is 4.79 Å². The third-order valence-corrected chi connectivity index (χ3v) is 7.04. The number of aromatic nitrogens is 3. The van der Waals surface area contributed by atoms with E-state index in [1.54, 1.807) is 24.6 Å². The Bertz CT molecular complexity index is 1380. The number of aromatic amines is 1. The second kappa shape index (κ2) is 8.49. The number of thiophene rings is 1. The van der Waals surface area contributed by atoms with Crippen molar-refractivity contribution in [1.29, 1.82) is 0 Å². The molecule has 0 fully saturated rings. The minimum absolute atomic E-state index is 0.0206. The van der Waals surface area contributed by atoms with Crippen LogP contribution in [0, 0.1) is 0 Å². The van der Waals surface area contributed by atoms with Crippen molar-refractivity contribution in [3.63, 3.8) is 0 Å². The van der Waals surface area contributed by atoms with Gasteiger partial charge in [-0.05, 0) is 54.1 Å². The summed E-state index contributed by atoms with van der Waals surface area (Å²) in [5.41, 5.74) is 2.93. The molecule has 8 nitrogen and oxygen atoms in total. The lowest BCUT2D eigenvalue weighted by Crippen LogP contribution is -2.20. The van der Waals surface area contributed by atoms with Crippen LogP contribution in [0.3, 0.4) is 0 Å². The summed E-state index contributed by atoms with van der Waals surface area (Å²) < 4.78 is 17.7. The van der Waals surface area contributed by atoms with Gasteiger partial charge in [0.1, 0.15) is 34.6 Å². The Morgan fingerprint density at radius 2 is 2.09 bits per heavy atom. The molecule has 0 bridgehead atoms. The number of H-pyrrole nitrogens is 1. The summed E-state index contributed by atoms with van der Waals surface area (Å²) in [6.45, 7) is 0.555. The molecule has 1 unspecified atom stereocenters. The molecule has 1 amide bonds. The maximum absolute atomic E-state index is 11.7. The van der Waals surface area contributed by atoms with Gasteiger partial charge in [0.15, 0.2) is 0 Å². The van der Waals surface area contributed by atoms with E-state index in [1.165, 1.54) is 0 Å². The van der Waals surface area contributed by atoms with Crippen LogP contribution in [0.5, 0.6) is 23.0 Å². The molecule has 2 aliphatic rings. The molecule has 1 atom stereocenters. The Morgan fingerprint density at radius 1 is 1.15 bits per heavy atom. The quantitative estimate of drug-likeness (QED) is 0.425. The molecule has 4 aromatic rings. The predicted octanol–water partition coefficient (Wildman–Crippen LogP) is 4.94. The van der Waals surface area contributed by atoms with E-state index in [0.717, 1.165) is 51.2 Å². The summed E-state index contributed by atoms with van der Waals surface area (Å²) in [4.78, 5) is 25.1. The van der Waals surface area contributed by atoms with E-state index in [2.05, 4.69) is 20.3 Å². The molecular formula is C25H22N4O4S. The first kappa shape index (κ1) is 20.7. The first-order valence-electron chi connectivity index (χ1n) is 11.1. The molecule has 0 saturated carbocycles. The maximum Gasteiger partial charge on any atom is 0.225 e. The van der Waals surface area contributed by atoms with Gasteiger partial charge in [-0.25, -0.2) is 9.97 Å². The van der Waals surface area contributed by atoms with Crippen LogP contribution >= 0.6 is 11.3 Å². The van der Waals surface area contributed by atoms with E-state index >= 15 is 0 Å². The zero-order valence-electron chi connectivity index (χ0n) is 18.5. The monoisotopic (exact) mass is 474 g/mol. The van der Waals surface area contributed by atoms with Gasteiger partial charge in [0.2, 0.25) is 5.91 Å². The highest BCUT2D eigenvalue weighted by Gasteiger charge is 2.26. The molecule has 34 heavy (non-hydrogen) atoms. The number of fused-ring (bicyclic) bond motifs is 2. The number of anilines is 1. The number of rotatable bonds is 5. The van der Waals surface area contributed by atoms with Crippen molar-refractivity contribution in [3.8, 4) is 33.6 Å². The summed E-state index contributed by atoms with van der Waals surface area (Å²) in [5.74, 6) is 4.67. The summed E-state index contributed by atoms with van der Waals surface area (Å²) in [6, 6.07) is 9.65. The lowest BCUT2D eigenvalue weighted by Gasteiger charge is -2.25. The van der Waals surface area contributed by atoms with Crippen LogP contribution in [0.4, 0.5) is 5.82 Å². The van der Waals surface area contributed by atoms with E-state index < -0.39 is 0 Å². The lowest BCUT2D eigenvalue weighted by molar-refractivity contribution is -0.116. The second-order valence-electron chi connectivity index (χ2n) is 8.27. The van der Waals surface area contributed by atoms with Crippen molar-refractivity contribution >= 4 is 23.1 Å². The van der Waals surface area contributed by atoms with Gasteiger partial charge in [0.05, 0.1) is 36.4 Å². The van der Waals surface area contributed by atoms with Crippen molar-refractivity contribution < 1.29 is 19.0 Å². The van der Waals surface area contributed by atoms with Crippen molar-refractivity contribution in [2.75, 3.05) is 19.0 Å². The molecule has 0 aliphatic carbocycles. The number of amides is 1. The standard InChI is InChI=1S/C25H22N4O4S/c1-31-21-7-9-34-23(21)18-12-27-24(28-18)15-10-14-11-16(2-4-19(14)32-13-15)33-20-6-8-26-25-17(20)3-5-22(30)29-25/h2,4,6-9,11-12,15H,3,5,10,13H2,1H3,(H,27,28)(H,26,29,30). The van der Waals surface area contributed by atoms with Crippen molar-refractivity contribution in [3.05, 3.63) is 65.1 Å². The number of imidazole rings is 1. The van der Waals surface area contributed by atoms with Gasteiger partial charge in [-0.3, -0.25) is 4.79 Å². The molecule has 5 heterocycles. The number of methoxy groups -OCH3 is 1. The number of benzene rings is 1. The largest absolute Gasteiger partial charge is 0.495 e. The van der Waals surface area contributed by atoms with Crippen LogP contribution in [-0.4, -0.2) is 34.6 Å². The van der Waals surface area contributed by atoms with Crippen LogP contribution in [0.15, 0.2) is 48.1 Å².